The molecular weight excluding hydrogens is 316 g/mol. The number of fused-ring (bicyclic) bond motifs is 3. The zero-order chi connectivity index (χ0) is 12.8. The van der Waals surface area contributed by atoms with Gasteiger partial charge in [0.15, 0.2) is 9.84 Å². The number of halogens is 1. The van der Waals surface area contributed by atoms with Gasteiger partial charge in [0.05, 0.1) is 22.9 Å². The van der Waals surface area contributed by atoms with Crippen LogP contribution in [0.1, 0.15) is 6.42 Å². The molecule has 98 valence electrons. The quantitative estimate of drug-likeness (QED) is 0.789. The first-order valence-corrected chi connectivity index (χ1v) is 8.67. The Labute approximate surface area is 115 Å². The Kier molecular flexibility index (Phi) is 3.02. The molecule has 1 aromatic rings. The van der Waals surface area contributed by atoms with Gasteiger partial charge in [0.25, 0.3) is 0 Å². The number of rotatable bonds is 0. The number of anilines is 2. The Morgan fingerprint density at radius 2 is 2.22 bits per heavy atom. The van der Waals surface area contributed by atoms with E-state index < -0.39 is 9.84 Å². The molecule has 2 aliphatic rings. The van der Waals surface area contributed by atoms with Crippen molar-refractivity contribution in [3.05, 3.63) is 22.7 Å². The number of nitrogens with zero attached hydrogens (tertiary/aromatic N) is 1. The highest BCUT2D eigenvalue weighted by Gasteiger charge is 2.33. The van der Waals surface area contributed by atoms with Gasteiger partial charge in [-0.2, -0.15) is 0 Å². The maximum Gasteiger partial charge on any atom is 0.154 e. The van der Waals surface area contributed by atoms with Gasteiger partial charge < -0.3 is 10.2 Å². The van der Waals surface area contributed by atoms with Crippen LogP contribution >= 0.6 is 15.9 Å². The third kappa shape index (κ3) is 2.23. The van der Waals surface area contributed by atoms with Crippen LogP contribution in [-0.2, 0) is 9.84 Å². The van der Waals surface area contributed by atoms with Crippen LogP contribution in [0.4, 0.5) is 11.4 Å². The molecule has 3 rings (SSSR count). The van der Waals surface area contributed by atoms with Crippen molar-refractivity contribution in [2.75, 3.05) is 34.8 Å². The Bertz CT molecular complexity index is 573. The smallest absolute Gasteiger partial charge is 0.154 e. The predicted molar refractivity (Wildman–Crippen MR) is 77.0 cm³/mol. The summed E-state index contributed by atoms with van der Waals surface area (Å²) in [5.41, 5.74) is 2.21. The van der Waals surface area contributed by atoms with Crippen LogP contribution < -0.4 is 10.2 Å². The number of hydrogen-bond acceptors (Lipinski definition) is 4. The first kappa shape index (κ1) is 12.3. The molecule has 0 spiro atoms. The first-order valence-electron chi connectivity index (χ1n) is 6.06. The molecule has 1 saturated heterocycles. The van der Waals surface area contributed by atoms with Crippen molar-refractivity contribution < 1.29 is 8.42 Å². The van der Waals surface area contributed by atoms with Gasteiger partial charge in [-0.15, -0.1) is 0 Å². The van der Waals surface area contributed by atoms with Gasteiger partial charge >= 0.3 is 0 Å². The van der Waals surface area contributed by atoms with Crippen LogP contribution in [0.25, 0.3) is 0 Å². The fourth-order valence-electron chi connectivity index (χ4n) is 2.71. The average molecular weight is 331 g/mol. The molecule has 1 aromatic carbocycles. The number of benzene rings is 1. The van der Waals surface area contributed by atoms with E-state index in [4.69, 9.17) is 0 Å². The van der Waals surface area contributed by atoms with E-state index >= 15 is 0 Å². The van der Waals surface area contributed by atoms with Gasteiger partial charge in [0.2, 0.25) is 0 Å². The number of sulfone groups is 1. The van der Waals surface area contributed by atoms with Crippen molar-refractivity contribution in [3.8, 4) is 0 Å². The van der Waals surface area contributed by atoms with E-state index in [1.165, 1.54) is 0 Å². The SMILES string of the molecule is O=S1(=O)CCN2c3cc(Br)ccc3NCCC2C1. The fourth-order valence-corrected chi connectivity index (χ4v) is 4.63. The Balaban J connectivity index is 2.02. The van der Waals surface area contributed by atoms with Crippen molar-refractivity contribution in [2.45, 2.75) is 12.5 Å². The second-order valence-electron chi connectivity index (χ2n) is 4.84. The second-order valence-corrected chi connectivity index (χ2v) is 7.98. The summed E-state index contributed by atoms with van der Waals surface area (Å²) >= 11 is 3.48. The molecule has 1 fully saturated rings. The zero-order valence-electron chi connectivity index (χ0n) is 9.89. The van der Waals surface area contributed by atoms with Crippen LogP contribution in [0.3, 0.4) is 0 Å². The van der Waals surface area contributed by atoms with E-state index in [1.54, 1.807) is 0 Å². The maximum absolute atomic E-state index is 11.7. The third-order valence-electron chi connectivity index (χ3n) is 3.59. The van der Waals surface area contributed by atoms with Gasteiger partial charge in [0.1, 0.15) is 0 Å². The van der Waals surface area contributed by atoms with Crippen LogP contribution in [0, 0.1) is 0 Å². The lowest BCUT2D eigenvalue weighted by molar-refractivity contribution is 0.550. The Hall–Kier alpha value is -0.750. The summed E-state index contributed by atoms with van der Waals surface area (Å²) in [6, 6.07) is 6.22. The molecule has 18 heavy (non-hydrogen) atoms. The minimum atomic E-state index is -2.86. The third-order valence-corrected chi connectivity index (χ3v) is 5.78. The van der Waals surface area contributed by atoms with Crippen LogP contribution in [-0.4, -0.2) is 39.1 Å². The Morgan fingerprint density at radius 1 is 1.39 bits per heavy atom. The summed E-state index contributed by atoms with van der Waals surface area (Å²) in [5, 5.41) is 3.38. The van der Waals surface area contributed by atoms with E-state index in [0.717, 1.165) is 28.8 Å². The average Bonchev–Trinajstić information content (AvgIpc) is 2.46. The van der Waals surface area contributed by atoms with E-state index in [1.807, 2.05) is 12.1 Å². The largest absolute Gasteiger partial charge is 0.383 e. The summed E-state index contributed by atoms with van der Waals surface area (Å²) in [4.78, 5) is 2.24. The second kappa shape index (κ2) is 4.42. The first-order chi connectivity index (χ1) is 8.55. The summed E-state index contributed by atoms with van der Waals surface area (Å²) in [5.74, 6) is 0.538. The number of nitrogens with one attached hydrogen (secondary N) is 1. The number of hydrogen-bond donors (Lipinski definition) is 1. The van der Waals surface area contributed by atoms with E-state index in [-0.39, 0.29) is 17.5 Å². The van der Waals surface area contributed by atoms with E-state index in [2.05, 4.69) is 32.2 Å². The van der Waals surface area contributed by atoms with Crippen LogP contribution in [0.15, 0.2) is 22.7 Å². The van der Waals surface area contributed by atoms with Gasteiger partial charge in [-0.3, -0.25) is 0 Å². The maximum atomic E-state index is 11.7. The standard InChI is InChI=1S/C12H15BrN2O2S/c13-9-1-2-11-12(7-9)15-5-6-18(16,17)8-10(15)3-4-14-11/h1-2,7,10,14H,3-6,8H2. The van der Waals surface area contributed by atoms with Gasteiger partial charge in [-0.1, -0.05) is 15.9 Å². The zero-order valence-corrected chi connectivity index (χ0v) is 12.3. The molecule has 1 atom stereocenters. The minimum Gasteiger partial charge on any atom is -0.383 e. The molecule has 0 aromatic heterocycles. The topological polar surface area (TPSA) is 49.4 Å². The molecule has 0 aliphatic carbocycles. The van der Waals surface area contributed by atoms with E-state index in [0.29, 0.717) is 6.54 Å². The van der Waals surface area contributed by atoms with Crippen molar-refractivity contribution in [1.82, 2.24) is 0 Å². The highest BCUT2D eigenvalue weighted by Crippen LogP contribution is 2.35. The van der Waals surface area contributed by atoms with Gasteiger partial charge in [-0.05, 0) is 24.6 Å². The molecule has 2 aliphatic heterocycles. The lowest BCUT2D eigenvalue weighted by Gasteiger charge is -2.36. The van der Waals surface area contributed by atoms with Gasteiger partial charge in [0, 0.05) is 23.6 Å². The highest BCUT2D eigenvalue weighted by atomic mass is 79.9. The van der Waals surface area contributed by atoms with Crippen LogP contribution in [0.5, 0.6) is 0 Å². The normalized spacial score (nSPS) is 25.6. The predicted octanol–water partition coefficient (Wildman–Crippen LogP) is 1.87. The summed E-state index contributed by atoms with van der Waals surface area (Å²) in [6.07, 6.45) is 0.867. The lowest BCUT2D eigenvalue weighted by Crippen LogP contribution is -2.48. The molecule has 0 bridgehead atoms. The Morgan fingerprint density at radius 3 is 3.06 bits per heavy atom. The minimum absolute atomic E-state index is 0.104. The van der Waals surface area contributed by atoms with Crippen LogP contribution in [0.2, 0.25) is 0 Å². The highest BCUT2D eigenvalue weighted by molar-refractivity contribution is 9.10. The molecule has 1 N–H and O–H groups in total. The molecular formula is C12H15BrN2O2S. The molecule has 0 amide bonds. The lowest BCUT2D eigenvalue weighted by atomic mass is 10.2. The van der Waals surface area contributed by atoms with Crippen molar-refractivity contribution in [2.24, 2.45) is 0 Å². The molecule has 2 heterocycles. The van der Waals surface area contributed by atoms with Crippen molar-refractivity contribution in [1.29, 1.82) is 0 Å². The molecule has 0 radical (unpaired) electrons. The summed E-state index contributed by atoms with van der Waals surface area (Å²) in [7, 11) is -2.86. The molecule has 6 heteroatoms. The molecule has 0 saturated carbocycles. The summed E-state index contributed by atoms with van der Waals surface area (Å²) < 4.78 is 24.5. The molecule has 4 nitrogen and oxygen atoms in total. The van der Waals surface area contributed by atoms with Crippen molar-refractivity contribution >= 4 is 37.1 Å². The van der Waals surface area contributed by atoms with E-state index in [9.17, 15) is 8.42 Å². The molecule has 1 unspecified atom stereocenters. The summed E-state index contributed by atoms with van der Waals surface area (Å²) in [6.45, 7) is 1.42. The fraction of sp³-hybridized carbons (Fsp3) is 0.500. The van der Waals surface area contributed by atoms with Gasteiger partial charge in [-0.25, -0.2) is 8.42 Å². The van der Waals surface area contributed by atoms with Crippen molar-refractivity contribution in [3.63, 3.8) is 0 Å². The monoisotopic (exact) mass is 330 g/mol.